The molecule has 0 amide bonds. The van der Waals surface area contributed by atoms with Crippen LogP contribution < -0.4 is 17.0 Å². The summed E-state index contributed by atoms with van der Waals surface area (Å²) in [6, 6.07) is 0. The van der Waals surface area contributed by atoms with Crippen LogP contribution in [0, 0.1) is 11.8 Å². The fraction of sp³-hybridized carbons (Fsp3) is 0.545. The van der Waals surface area contributed by atoms with Gasteiger partial charge in [-0.25, -0.2) is 29.1 Å². The van der Waals surface area contributed by atoms with Gasteiger partial charge in [-0.05, 0) is 12.3 Å². The zero-order valence-corrected chi connectivity index (χ0v) is 25.0. The van der Waals surface area contributed by atoms with Gasteiger partial charge in [0.15, 0.2) is 28.9 Å². The first-order chi connectivity index (χ1) is 21.8. The number of nitrogen functional groups attached to an aromatic ring is 2. The van der Waals surface area contributed by atoms with E-state index in [-0.39, 0.29) is 28.4 Å². The third-order valence-electron chi connectivity index (χ3n) is 8.98. The number of aliphatic hydroxyl groups excluding tert-OH is 2. The maximum atomic E-state index is 13.2. The summed E-state index contributed by atoms with van der Waals surface area (Å²) in [7, 11) is -9.96. The number of hydrogen-bond acceptors (Lipinski definition) is 17. The molecule has 11 atom stereocenters. The molecular formula is C22H26N10O12P2. The molecule has 22 nitrogen and oxygen atoms in total. The van der Waals surface area contributed by atoms with Gasteiger partial charge in [-0.3, -0.25) is 32.4 Å². The Balaban J connectivity index is 1.10. The van der Waals surface area contributed by atoms with E-state index in [1.54, 1.807) is 4.57 Å². The van der Waals surface area contributed by atoms with Gasteiger partial charge in [0.25, 0.3) is 5.56 Å². The number of aliphatic hydroxyl groups is 2. The standard InChI is InChI=1S/C22H26N10O12P2/c23-16-10-17(26-4-25-16)32(6-28-10)22-1-8(22)7-2-40-45(36,37)44-14-9(3-41-46(38,39)43-13(7)15(22)34)42-20(12(14)33)31-5-27-11-18(31)29-21(24)30-19(11)35/h4-9,12-15,20,33-34H,1-3H2,(H,36,37)(H,38,39)(H2,23,25,26)(H3,24,29,30,35)/t7-,8?,9+,12+,13+,14+,15+,20+,22+/m0/s1. The van der Waals surface area contributed by atoms with Crippen molar-refractivity contribution in [2.75, 3.05) is 24.7 Å². The van der Waals surface area contributed by atoms with Crippen molar-refractivity contribution < 1.29 is 52.0 Å². The number of H-pyrrole nitrogens is 1. The third-order valence-corrected chi connectivity index (χ3v) is 10.9. The molecule has 0 aromatic carbocycles. The molecular weight excluding hydrogens is 658 g/mol. The molecule has 8 rings (SSSR count). The minimum absolute atomic E-state index is 0.0855. The molecule has 3 unspecified atom stereocenters. The summed E-state index contributed by atoms with van der Waals surface area (Å²) in [5.41, 5.74) is 10.1. The fourth-order valence-electron chi connectivity index (χ4n) is 6.89. The minimum Gasteiger partial charge on any atom is -0.388 e. The number of fused-ring (bicyclic) bond motifs is 6. The van der Waals surface area contributed by atoms with Crippen LogP contribution in [-0.2, 0) is 37.5 Å². The van der Waals surface area contributed by atoms with E-state index in [0.717, 1.165) is 10.9 Å². The predicted molar refractivity (Wildman–Crippen MR) is 149 cm³/mol. The summed E-state index contributed by atoms with van der Waals surface area (Å²) < 4.78 is 56.4. The third kappa shape index (κ3) is 4.45. The molecule has 6 heterocycles. The van der Waals surface area contributed by atoms with Gasteiger partial charge in [0.2, 0.25) is 5.95 Å². The number of phosphoric acid groups is 2. The predicted octanol–water partition coefficient (Wildman–Crippen LogP) is -1.89. The molecule has 46 heavy (non-hydrogen) atoms. The Kier molecular flexibility index (Phi) is 6.55. The highest BCUT2D eigenvalue weighted by Gasteiger charge is 2.74. The van der Waals surface area contributed by atoms with Crippen LogP contribution in [-0.4, -0.2) is 103 Å². The van der Waals surface area contributed by atoms with Crippen molar-refractivity contribution in [2.45, 2.75) is 48.7 Å². The monoisotopic (exact) mass is 684 g/mol. The number of imidazole rings is 2. The Morgan fingerprint density at radius 2 is 1.67 bits per heavy atom. The van der Waals surface area contributed by atoms with Crippen molar-refractivity contribution in [3.8, 4) is 0 Å². The molecule has 0 spiro atoms. The largest absolute Gasteiger partial charge is 0.472 e. The van der Waals surface area contributed by atoms with Gasteiger partial charge in [-0.2, -0.15) is 4.98 Å². The van der Waals surface area contributed by atoms with E-state index in [0.29, 0.717) is 12.1 Å². The van der Waals surface area contributed by atoms with Crippen LogP contribution >= 0.6 is 15.6 Å². The van der Waals surface area contributed by atoms with E-state index >= 15 is 0 Å². The molecule has 2 aliphatic carbocycles. The number of aromatic amines is 1. The lowest BCUT2D eigenvalue weighted by molar-refractivity contribution is -0.0652. The first-order valence-corrected chi connectivity index (χ1v) is 16.8. The summed E-state index contributed by atoms with van der Waals surface area (Å²) in [4.78, 5) is 56.4. The number of phosphoric ester groups is 2. The number of hydrogen-bond donors (Lipinski definition) is 7. The first-order valence-electron chi connectivity index (χ1n) is 13.8. The Morgan fingerprint density at radius 3 is 2.46 bits per heavy atom. The molecule has 9 N–H and O–H groups in total. The molecule has 0 radical (unpaired) electrons. The van der Waals surface area contributed by atoms with Gasteiger partial charge >= 0.3 is 15.6 Å². The number of nitrogens with zero attached hydrogens (tertiary/aromatic N) is 7. The van der Waals surface area contributed by atoms with E-state index in [1.165, 1.54) is 12.7 Å². The maximum absolute atomic E-state index is 13.2. The molecule has 246 valence electrons. The SMILES string of the molecule is Nc1nc2c(ncn2[C@@H]2O[C@@H]3COP(=O)(O)O[C@H]4[C@@H](O)[C@@]5(n6cnc7c(N)ncnc76)CC5[C@@H]4COP(=O)(O)O[C@H]3[C@H]2O)c(=O)[nH]1. The molecule has 4 fully saturated rings. The quantitative estimate of drug-likeness (QED) is 0.113. The Morgan fingerprint density at radius 1 is 0.957 bits per heavy atom. The van der Waals surface area contributed by atoms with Gasteiger partial charge in [-0.1, -0.05) is 0 Å². The molecule has 4 aliphatic rings. The van der Waals surface area contributed by atoms with Crippen LogP contribution in [0.5, 0.6) is 0 Å². The highest BCUT2D eigenvalue weighted by atomic mass is 31.2. The summed E-state index contributed by atoms with van der Waals surface area (Å²) in [5.74, 6) is -1.57. The fourth-order valence-corrected chi connectivity index (χ4v) is 8.85. The molecule has 2 aliphatic heterocycles. The van der Waals surface area contributed by atoms with Gasteiger partial charge in [-0.15, -0.1) is 0 Å². The lowest BCUT2D eigenvalue weighted by Gasteiger charge is -2.31. The van der Waals surface area contributed by atoms with E-state index in [9.17, 15) is 33.9 Å². The lowest BCUT2D eigenvalue weighted by atomic mass is 10.0. The Hall–Kier alpha value is -3.40. The van der Waals surface area contributed by atoms with E-state index in [4.69, 9.17) is 34.3 Å². The molecule has 0 bridgehead atoms. The summed E-state index contributed by atoms with van der Waals surface area (Å²) >= 11 is 0. The first kappa shape index (κ1) is 30.0. The number of rotatable bonds is 2. The van der Waals surface area contributed by atoms with Crippen LogP contribution in [0.2, 0.25) is 0 Å². The lowest BCUT2D eigenvalue weighted by Crippen LogP contribution is -2.41. The molecule has 4 aromatic heterocycles. The van der Waals surface area contributed by atoms with Gasteiger partial charge in [0, 0.05) is 5.92 Å². The number of aromatic nitrogens is 8. The summed E-state index contributed by atoms with van der Waals surface area (Å²) in [5, 5.41) is 22.7. The molecule has 2 saturated heterocycles. The number of nitrogens with two attached hydrogens (primary N) is 2. The van der Waals surface area contributed by atoms with Crippen molar-refractivity contribution in [3.63, 3.8) is 0 Å². The van der Waals surface area contributed by atoms with Crippen LogP contribution in [0.4, 0.5) is 11.8 Å². The topological polar surface area (TPSA) is 320 Å². The maximum Gasteiger partial charge on any atom is 0.472 e. The highest BCUT2D eigenvalue weighted by Crippen LogP contribution is 2.68. The minimum atomic E-state index is -4.99. The van der Waals surface area contributed by atoms with E-state index in [1.807, 2.05) is 0 Å². The van der Waals surface area contributed by atoms with Crippen molar-refractivity contribution in [1.82, 2.24) is 39.0 Å². The average molecular weight is 684 g/mol. The zero-order chi connectivity index (χ0) is 32.3. The molecule has 24 heteroatoms. The smallest absolute Gasteiger partial charge is 0.388 e. The second-order valence-corrected chi connectivity index (χ2v) is 14.3. The number of anilines is 2. The van der Waals surface area contributed by atoms with Crippen LogP contribution in [0.25, 0.3) is 22.3 Å². The number of nitrogens with one attached hydrogen (secondary N) is 1. The van der Waals surface area contributed by atoms with Crippen molar-refractivity contribution in [1.29, 1.82) is 0 Å². The summed E-state index contributed by atoms with van der Waals surface area (Å²) in [6.45, 7) is -1.36. The Labute approximate surface area is 255 Å². The van der Waals surface area contributed by atoms with Crippen LogP contribution in [0.1, 0.15) is 12.6 Å². The highest BCUT2D eigenvalue weighted by molar-refractivity contribution is 7.47. The summed E-state index contributed by atoms with van der Waals surface area (Å²) in [6.07, 6.45) is -5.10. The molecule has 2 saturated carbocycles. The van der Waals surface area contributed by atoms with Crippen molar-refractivity contribution in [3.05, 3.63) is 29.3 Å². The number of ether oxygens (including phenoxy) is 1. The van der Waals surface area contributed by atoms with Gasteiger partial charge in [0.1, 0.15) is 42.4 Å². The average Bonchev–Trinajstić information content (AvgIpc) is 3.25. The van der Waals surface area contributed by atoms with Crippen molar-refractivity contribution >= 4 is 49.7 Å². The van der Waals surface area contributed by atoms with Crippen LogP contribution in [0.15, 0.2) is 23.8 Å². The normalized spacial score (nSPS) is 41.0. The Bertz CT molecular complexity index is 2040. The molecule has 4 aromatic rings. The van der Waals surface area contributed by atoms with Gasteiger partial charge in [0.05, 0.1) is 31.4 Å². The second kappa shape index (κ2) is 10.1. The van der Waals surface area contributed by atoms with Gasteiger partial charge < -0.3 is 40.8 Å². The van der Waals surface area contributed by atoms with E-state index < -0.39 is 88.5 Å². The van der Waals surface area contributed by atoms with Crippen LogP contribution in [0.3, 0.4) is 0 Å². The van der Waals surface area contributed by atoms with Crippen molar-refractivity contribution in [2.24, 2.45) is 11.8 Å². The zero-order valence-electron chi connectivity index (χ0n) is 23.2. The second-order valence-electron chi connectivity index (χ2n) is 11.5. The van der Waals surface area contributed by atoms with E-state index in [2.05, 4.69) is 29.9 Å².